The number of nitrogens with one attached hydrogen (secondary N) is 1. The van der Waals surface area contributed by atoms with Gasteiger partial charge >= 0.3 is 0 Å². The molecule has 7 nitrogen and oxygen atoms in total. The van der Waals surface area contributed by atoms with Crippen LogP contribution in [0.4, 0.5) is 5.69 Å². The molecule has 0 heterocycles. The number of amides is 1. The van der Waals surface area contributed by atoms with Gasteiger partial charge in [-0.3, -0.25) is 14.9 Å². The van der Waals surface area contributed by atoms with Gasteiger partial charge in [0.05, 0.1) is 11.1 Å². The van der Waals surface area contributed by atoms with Crippen LogP contribution in [0.2, 0.25) is 0 Å². The van der Waals surface area contributed by atoms with Crippen LogP contribution in [0.3, 0.4) is 0 Å². The van der Waals surface area contributed by atoms with Crippen LogP contribution in [0.5, 0.6) is 5.75 Å². The van der Waals surface area contributed by atoms with Gasteiger partial charge in [-0.2, -0.15) is 5.10 Å². The Morgan fingerprint density at radius 2 is 1.97 bits per heavy atom. The molecular weight excluding hydrogens is 382 g/mol. The molecule has 156 valence electrons. The molecule has 2 saturated carbocycles. The largest absolute Gasteiger partial charge is 0.489 e. The molecule has 0 aliphatic heterocycles. The molecule has 3 atom stereocenters. The third-order valence-electron chi connectivity index (χ3n) is 6.43. The molecule has 1 N–H and O–H groups in total. The van der Waals surface area contributed by atoms with Crippen molar-refractivity contribution in [2.75, 3.05) is 0 Å². The summed E-state index contributed by atoms with van der Waals surface area (Å²) >= 11 is 0. The maximum atomic E-state index is 12.4. The fourth-order valence-electron chi connectivity index (χ4n) is 4.62. The first-order valence-electron chi connectivity index (χ1n) is 10.3. The molecule has 4 rings (SSSR count). The average molecular weight is 407 g/mol. The summed E-state index contributed by atoms with van der Waals surface area (Å²) in [5.41, 5.74) is 4.65. The van der Waals surface area contributed by atoms with Crippen LogP contribution in [0.15, 0.2) is 53.6 Å². The minimum Gasteiger partial charge on any atom is -0.489 e. The van der Waals surface area contributed by atoms with Crippen LogP contribution in [0.25, 0.3) is 0 Å². The number of ether oxygens (including phenoxy) is 1. The number of nitro benzene ring substituents is 1. The zero-order valence-electron chi connectivity index (χ0n) is 16.9. The molecule has 0 unspecified atom stereocenters. The lowest BCUT2D eigenvalue weighted by Crippen LogP contribution is -2.22. The van der Waals surface area contributed by atoms with Crippen LogP contribution >= 0.6 is 0 Å². The molecule has 0 saturated heterocycles. The molecule has 0 spiro atoms. The number of nitro groups is 1. The summed E-state index contributed by atoms with van der Waals surface area (Å²) in [5, 5.41) is 14.8. The predicted octanol–water partition coefficient (Wildman–Crippen LogP) is 4.45. The zero-order valence-corrected chi connectivity index (χ0v) is 16.9. The lowest BCUT2D eigenvalue weighted by molar-refractivity contribution is -0.384. The highest BCUT2D eigenvalue weighted by atomic mass is 16.6. The quantitative estimate of drug-likeness (QED) is 0.417. The molecule has 2 aliphatic carbocycles. The summed E-state index contributed by atoms with van der Waals surface area (Å²) in [4.78, 5) is 22.7. The summed E-state index contributed by atoms with van der Waals surface area (Å²) in [5.74, 6) is 1.34. The minimum absolute atomic E-state index is 0.0312. The molecule has 1 amide bonds. The normalized spacial score (nSPS) is 24.8. The fraction of sp³-hybridized carbons (Fsp3) is 0.391. The van der Waals surface area contributed by atoms with Gasteiger partial charge in [-0.1, -0.05) is 19.8 Å². The van der Waals surface area contributed by atoms with Gasteiger partial charge in [0, 0.05) is 18.1 Å². The Morgan fingerprint density at radius 1 is 1.23 bits per heavy atom. The second-order valence-electron chi connectivity index (χ2n) is 8.35. The zero-order chi connectivity index (χ0) is 21.1. The standard InChI is InChI=1S/C23H25N3O4/c1-23-13-3-2-4-20(23)21(23)22(27)25-24-14-16-7-11-19(12-8-16)30-15-17-5-9-18(10-6-17)26(28)29/h5-12,14,20-21H,2-4,13,15H2,1H3,(H,25,27)/b24-14-/t20-,21+,23+/m1/s1. The number of hydrazone groups is 1. The molecule has 0 bridgehead atoms. The van der Waals surface area contributed by atoms with Crippen LogP contribution in [-0.4, -0.2) is 17.0 Å². The highest BCUT2D eigenvalue weighted by molar-refractivity contribution is 5.85. The highest BCUT2D eigenvalue weighted by Gasteiger charge is 2.64. The van der Waals surface area contributed by atoms with Crippen LogP contribution < -0.4 is 10.2 Å². The lowest BCUT2D eigenvalue weighted by Gasteiger charge is -2.15. The van der Waals surface area contributed by atoms with E-state index in [1.54, 1.807) is 18.3 Å². The van der Waals surface area contributed by atoms with Crippen molar-refractivity contribution in [1.29, 1.82) is 0 Å². The van der Waals surface area contributed by atoms with Gasteiger partial charge < -0.3 is 4.74 Å². The Labute approximate surface area is 175 Å². The van der Waals surface area contributed by atoms with Crippen LogP contribution in [0, 0.1) is 27.4 Å². The molecule has 0 radical (unpaired) electrons. The van der Waals surface area contributed by atoms with Crippen molar-refractivity contribution in [2.45, 2.75) is 39.2 Å². The van der Waals surface area contributed by atoms with E-state index in [2.05, 4.69) is 17.5 Å². The van der Waals surface area contributed by atoms with E-state index in [9.17, 15) is 14.9 Å². The number of non-ortho nitro benzene ring substituents is 1. The summed E-state index contributed by atoms with van der Waals surface area (Å²) < 4.78 is 5.71. The van der Waals surface area contributed by atoms with Gasteiger partial charge in [-0.25, -0.2) is 5.43 Å². The number of nitrogens with zero attached hydrogens (tertiary/aromatic N) is 2. The first-order chi connectivity index (χ1) is 14.5. The monoisotopic (exact) mass is 407 g/mol. The number of carbonyl (C=O) groups is 1. The Hall–Kier alpha value is -3.22. The number of rotatable bonds is 7. The van der Waals surface area contributed by atoms with E-state index in [-0.39, 0.29) is 22.9 Å². The van der Waals surface area contributed by atoms with Crippen molar-refractivity contribution < 1.29 is 14.5 Å². The fourth-order valence-corrected chi connectivity index (χ4v) is 4.62. The first-order valence-corrected chi connectivity index (χ1v) is 10.3. The summed E-state index contributed by atoms with van der Waals surface area (Å²) in [6, 6.07) is 13.7. The molecule has 2 aliphatic rings. The van der Waals surface area contributed by atoms with Gasteiger partial charge in [0.2, 0.25) is 5.91 Å². The second kappa shape index (κ2) is 8.26. The topological polar surface area (TPSA) is 93.8 Å². The number of benzene rings is 2. The number of carbonyl (C=O) groups excluding carboxylic acids is 1. The Balaban J connectivity index is 1.25. The van der Waals surface area contributed by atoms with Gasteiger partial charge in [0.15, 0.2) is 0 Å². The molecule has 0 aromatic heterocycles. The SMILES string of the molecule is C[C@]12CCCC[C@@H]1[C@H]2C(=O)N/N=C\c1ccc(OCc2ccc([N+](=O)[O-])cc2)cc1. The van der Waals surface area contributed by atoms with E-state index >= 15 is 0 Å². The molecule has 2 fully saturated rings. The maximum Gasteiger partial charge on any atom is 0.269 e. The summed E-state index contributed by atoms with van der Waals surface area (Å²) in [7, 11) is 0. The van der Waals surface area contributed by atoms with Gasteiger partial charge in [-0.15, -0.1) is 0 Å². The predicted molar refractivity (Wildman–Crippen MR) is 113 cm³/mol. The first kappa shape index (κ1) is 20.1. The highest BCUT2D eigenvalue weighted by Crippen LogP contribution is 2.66. The maximum absolute atomic E-state index is 12.4. The van der Waals surface area contributed by atoms with Crippen molar-refractivity contribution in [3.63, 3.8) is 0 Å². The van der Waals surface area contributed by atoms with E-state index in [4.69, 9.17) is 4.74 Å². The lowest BCUT2D eigenvalue weighted by atomic mass is 9.90. The molecule has 2 aromatic carbocycles. The van der Waals surface area contributed by atoms with Gasteiger partial charge in [0.25, 0.3) is 5.69 Å². The Kier molecular flexibility index (Phi) is 5.53. The van der Waals surface area contributed by atoms with Crippen LogP contribution in [0.1, 0.15) is 43.7 Å². The number of hydrogen-bond donors (Lipinski definition) is 1. The number of hydrogen-bond acceptors (Lipinski definition) is 5. The van der Waals surface area contributed by atoms with Crippen molar-refractivity contribution in [2.24, 2.45) is 22.4 Å². The van der Waals surface area contributed by atoms with E-state index in [1.807, 2.05) is 24.3 Å². The molecular formula is C23H25N3O4. The average Bonchev–Trinajstić information content (AvgIpc) is 3.39. The van der Waals surface area contributed by atoms with E-state index < -0.39 is 4.92 Å². The smallest absolute Gasteiger partial charge is 0.269 e. The third-order valence-corrected chi connectivity index (χ3v) is 6.43. The molecule has 7 heteroatoms. The summed E-state index contributed by atoms with van der Waals surface area (Å²) in [6.45, 7) is 2.54. The van der Waals surface area contributed by atoms with E-state index in [1.165, 1.54) is 25.0 Å². The third kappa shape index (κ3) is 4.20. The van der Waals surface area contributed by atoms with E-state index in [0.29, 0.717) is 18.3 Å². The number of fused-ring (bicyclic) bond motifs is 1. The minimum atomic E-state index is -0.425. The van der Waals surface area contributed by atoms with Crippen molar-refractivity contribution in [3.05, 3.63) is 69.8 Å². The van der Waals surface area contributed by atoms with Crippen molar-refractivity contribution in [3.8, 4) is 5.75 Å². The van der Waals surface area contributed by atoms with Crippen molar-refractivity contribution in [1.82, 2.24) is 5.43 Å². The van der Waals surface area contributed by atoms with Crippen LogP contribution in [-0.2, 0) is 11.4 Å². The van der Waals surface area contributed by atoms with Gasteiger partial charge in [-0.05, 0) is 71.7 Å². The Morgan fingerprint density at radius 3 is 2.60 bits per heavy atom. The summed E-state index contributed by atoms with van der Waals surface area (Å²) in [6.07, 6.45) is 6.37. The Bertz CT molecular complexity index is 955. The van der Waals surface area contributed by atoms with E-state index in [0.717, 1.165) is 24.0 Å². The van der Waals surface area contributed by atoms with Crippen molar-refractivity contribution >= 4 is 17.8 Å². The second-order valence-corrected chi connectivity index (χ2v) is 8.35. The van der Waals surface area contributed by atoms with Gasteiger partial charge in [0.1, 0.15) is 12.4 Å². The molecule has 2 aromatic rings. The molecule has 30 heavy (non-hydrogen) atoms.